The molecule has 0 bridgehead atoms. The van der Waals surface area contributed by atoms with E-state index in [4.69, 9.17) is 0 Å². The zero-order valence-corrected chi connectivity index (χ0v) is 9.75. The van der Waals surface area contributed by atoms with Crippen LogP contribution in [0.5, 0.6) is 0 Å². The minimum absolute atomic E-state index is 0.155. The quantitative estimate of drug-likeness (QED) is 0.678. The monoisotopic (exact) mass is 235 g/mol. The van der Waals surface area contributed by atoms with Gasteiger partial charge >= 0.3 is 0 Å². The van der Waals surface area contributed by atoms with Crippen LogP contribution in [0.2, 0.25) is 0 Å². The first-order valence-corrected chi connectivity index (χ1v) is 6.80. The smallest absolute Gasteiger partial charge is 0.220 e. The van der Waals surface area contributed by atoms with Crippen LogP contribution in [-0.4, -0.2) is 43.1 Å². The Kier molecular flexibility index (Phi) is 3.72. The number of hydrogen-bond donors (Lipinski definition) is 2. The molecule has 0 aromatic carbocycles. The molecule has 1 heterocycles. The zero-order valence-electron chi connectivity index (χ0n) is 8.93. The van der Waals surface area contributed by atoms with Crippen molar-refractivity contribution >= 4 is 15.7 Å². The van der Waals surface area contributed by atoms with Crippen molar-refractivity contribution in [1.29, 1.82) is 0 Å². The van der Waals surface area contributed by atoms with Gasteiger partial charge in [-0.05, 0) is 5.92 Å². The van der Waals surface area contributed by atoms with E-state index in [1.165, 1.54) is 0 Å². The Morgan fingerprint density at radius 2 is 2.07 bits per heavy atom. The molecule has 0 aliphatic carbocycles. The van der Waals surface area contributed by atoms with Crippen molar-refractivity contribution in [3.05, 3.63) is 0 Å². The van der Waals surface area contributed by atoms with E-state index in [0.29, 0.717) is 6.42 Å². The van der Waals surface area contributed by atoms with Gasteiger partial charge in [-0.3, -0.25) is 4.79 Å². The minimum Gasteiger partial charge on any atom is -0.390 e. The summed E-state index contributed by atoms with van der Waals surface area (Å²) in [6, 6.07) is -0.638. The summed E-state index contributed by atoms with van der Waals surface area (Å²) >= 11 is 0. The highest BCUT2D eigenvalue weighted by molar-refractivity contribution is 7.91. The summed E-state index contributed by atoms with van der Waals surface area (Å²) in [5.74, 6) is -0.385. The molecule has 0 spiro atoms. The molecular formula is C9H17NO4S. The molecule has 5 nitrogen and oxygen atoms in total. The lowest BCUT2D eigenvalue weighted by Crippen LogP contribution is -2.42. The third-order valence-corrected chi connectivity index (χ3v) is 3.98. The number of sulfone groups is 1. The molecule has 0 unspecified atom stereocenters. The molecule has 1 rings (SSSR count). The second-order valence-electron chi connectivity index (χ2n) is 4.42. The maximum atomic E-state index is 11.3. The first-order chi connectivity index (χ1) is 6.80. The number of nitrogens with one attached hydrogen (secondary N) is 1. The molecule has 0 saturated carbocycles. The molecule has 2 N–H and O–H groups in total. The minimum atomic E-state index is -3.18. The van der Waals surface area contributed by atoms with Gasteiger partial charge in [-0.15, -0.1) is 0 Å². The fourth-order valence-corrected chi connectivity index (χ4v) is 3.34. The van der Waals surface area contributed by atoms with Crippen molar-refractivity contribution in [2.75, 3.05) is 11.5 Å². The molecular weight excluding hydrogens is 218 g/mol. The number of aliphatic hydroxyl groups excluding tert-OH is 1. The highest BCUT2D eigenvalue weighted by atomic mass is 32.2. The number of rotatable bonds is 3. The average Bonchev–Trinajstić information content (AvgIpc) is 2.22. The predicted octanol–water partition coefficient (Wildman–Crippen LogP) is -0.693. The fourth-order valence-electron chi connectivity index (χ4n) is 1.60. The first kappa shape index (κ1) is 12.4. The van der Waals surface area contributed by atoms with E-state index in [1.54, 1.807) is 0 Å². The van der Waals surface area contributed by atoms with E-state index in [2.05, 4.69) is 5.32 Å². The van der Waals surface area contributed by atoms with E-state index in [1.807, 2.05) is 13.8 Å². The van der Waals surface area contributed by atoms with Crippen LogP contribution in [0.1, 0.15) is 20.3 Å². The van der Waals surface area contributed by atoms with Crippen molar-refractivity contribution in [3.63, 3.8) is 0 Å². The molecule has 0 radical (unpaired) electrons. The molecule has 6 heteroatoms. The van der Waals surface area contributed by atoms with Gasteiger partial charge in [0.2, 0.25) is 5.91 Å². The maximum Gasteiger partial charge on any atom is 0.220 e. The normalized spacial score (nSPS) is 29.3. The van der Waals surface area contributed by atoms with Crippen LogP contribution in [0.25, 0.3) is 0 Å². The zero-order chi connectivity index (χ0) is 11.6. The molecule has 1 saturated heterocycles. The second kappa shape index (κ2) is 4.49. The van der Waals surface area contributed by atoms with Crippen LogP contribution in [0.3, 0.4) is 0 Å². The molecule has 1 aliphatic heterocycles. The first-order valence-electron chi connectivity index (χ1n) is 4.98. The van der Waals surface area contributed by atoms with E-state index in [9.17, 15) is 18.3 Å². The molecule has 1 fully saturated rings. The van der Waals surface area contributed by atoms with Crippen LogP contribution in [0.4, 0.5) is 0 Å². The predicted molar refractivity (Wildman–Crippen MR) is 56.0 cm³/mol. The largest absolute Gasteiger partial charge is 0.390 e. The second-order valence-corrected chi connectivity index (χ2v) is 6.57. The lowest BCUT2D eigenvalue weighted by Gasteiger charge is -2.15. The van der Waals surface area contributed by atoms with E-state index in [0.717, 1.165) is 0 Å². The van der Waals surface area contributed by atoms with Crippen molar-refractivity contribution in [1.82, 2.24) is 5.32 Å². The average molecular weight is 235 g/mol. The van der Waals surface area contributed by atoms with Gasteiger partial charge in [-0.25, -0.2) is 8.42 Å². The molecule has 1 amide bonds. The molecule has 2 atom stereocenters. The summed E-state index contributed by atoms with van der Waals surface area (Å²) in [5, 5.41) is 12.0. The van der Waals surface area contributed by atoms with Gasteiger partial charge in [-0.1, -0.05) is 13.8 Å². The highest BCUT2D eigenvalue weighted by Gasteiger charge is 2.37. The summed E-state index contributed by atoms with van der Waals surface area (Å²) in [7, 11) is -3.18. The standard InChI is InChI=1S/C9H17NO4S/c1-6(2)3-9(12)10-7-4-15(13,14)5-8(7)11/h6-8,11H,3-5H2,1-2H3,(H,10,12)/t7-,8-/m1/s1. The van der Waals surface area contributed by atoms with Crippen molar-refractivity contribution in [2.24, 2.45) is 5.92 Å². The van der Waals surface area contributed by atoms with Crippen LogP contribution in [0, 0.1) is 5.92 Å². The third kappa shape index (κ3) is 3.79. The Morgan fingerprint density at radius 1 is 1.47 bits per heavy atom. The van der Waals surface area contributed by atoms with Gasteiger partial charge < -0.3 is 10.4 Å². The fraction of sp³-hybridized carbons (Fsp3) is 0.889. The van der Waals surface area contributed by atoms with Crippen LogP contribution >= 0.6 is 0 Å². The molecule has 88 valence electrons. The summed E-state index contributed by atoms with van der Waals surface area (Å²) in [5.41, 5.74) is 0. The lowest BCUT2D eigenvalue weighted by molar-refractivity contribution is -0.122. The topological polar surface area (TPSA) is 83.5 Å². The van der Waals surface area contributed by atoms with Crippen molar-refractivity contribution < 1.29 is 18.3 Å². The number of hydrogen-bond acceptors (Lipinski definition) is 4. The number of carbonyl (C=O) groups excluding carboxylic acids is 1. The lowest BCUT2D eigenvalue weighted by atomic mass is 10.1. The molecule has 1 aliphatic rings. The Hall–Kier alpha value is -0.620. The Bertz CT molecular complexity index is 336. The summed E-state index contributed by atoms with van der Waals surface area (Å²) in [4.78, 5) is 11.3. The van der Waals surface area contributed by atoms with Gasteiger partial charge in [-0.2, -0.15) is 0 Å². The van der Waals surface area contributed by atoms with Gasteiger partial charge in [0, 0.05) is 6.42 Å². The Morgan fingerprint density at radius 3 is 2.47 bits per heavy atom. The van der Waals surface area contributed by atoms with Crippen molar-refractivity contribution in [2.45, 2.75) is 32.4 Å². The van der Waals surface area contributed by atoms with Gasteiger partial charge in [0.05, 0.1) is 23.7 Å². The van der Waals surface area contributed by atoms with Crippen molar-refractivity contribution in [3.8, 4) is 0 Å². The highest BCUT2D eigenvalue weighted by Crippen LogP contribution is 2.13. The molecule has 0 aromatic rings. The van der Waals surface area contributed by atoms with E-state index < -0.39 is 22.0 Å². The summed E-state index contributed by atoms with van der Waals surface area (Å²) in [6.07, 6.45) is -0.616. The SMILES string of the molecule is CC(C)CC(=O)N[C@@H]1CS(=O)(=O)C[C@H]1O. The Labute approximate surface area is 89.8 Å². The summed E-state index contributed by atoms with van der Waals surface area (Å²) in [6.45, 7) is 3.81. The molecule has 15 heavy (non-hydrogen) atoms. The number of carbonyl (C=O) groups is 1. The number of aliphatic hydroxyl groups is 1. The molecule has 0 aromatic heterocycles. The summed E-state index contributed by atoms with van der Waals surface area (Å²) < 4.78 is 22.3. The third-order valence-electron chi connectivity index (χ3n) is 2.26. The van der Waals surface area contributed by atoms with Gasteiger partial charge in [0.25, 0.3) is 0 Å². The van der Waals surface area contributed by atoms with E-state index >= 15 is 0 Å². The maximum absolute atomic E-state index is 11.3. The van der Waals surface area contributed by atoms with Gasteiger partial charge in [0.15, 0.2) is 9.84 Å². The van der Waals surface area contributed by atoms with Crippen LogP contribution in [0.15, 0.2) is 0 Å². The van der Waals surface area contributed by atoms with Crippen LogP contribution in [-0.2, 0) is 14.6 Å². The Balaban J connectivity index is 2.50. The van der Waals surface area contributed by atoms with Crippen LogP contribution < -0.4 is 5.32 Å². The van der Waals surface area contributed by atoms with Gasteiger partial charge in [0.1, 0.15) is 0 Å². The number of amides is 1. The van der Waals surface area contributed by atoms with E-state index in [-0.39, 0.29) is 23.3 Å².